The van der Waals surface area contributed by atoms with Crippen LogP contribution >= 0.6 is 0 Å². The van der Waals surface area contributed by atoms with E-state index in [4.69, 9.17) is 0 Å². The molecule has 1 heterocycles. The Morgan fingerprint density at radius 2 is 2.00 bits per heavy atom. The van der Waals surface area contributed by atoms with Gasteiger partial charge in [-0.3, -0.25) is 0 Å². The van der Waals surface area contributed by atoms with Crippen molar-refractivity contribution in [3.05, 3.63) is 23.8 Å². The minimum Gasteiger partial charge on any atom is -0.394 e. The molecule has 0 aliphatic heterocycles. The van der Waals surface area contributed by atoms with E-state index >= 15 is 0 Å². The number of aliphatic hydroxyl groups is 1. The van der Waals surface area contributed by atoms with Crippen molar-refractivity contribution in [1.82, 2.24) is 15.0 Å². The Labute approximate surface area is 107 Å². The number of alkyl halides is 3. The van der Waals surface area contributed by atoms with E-state index in [0.717, 1.165) is 12.1 Å². The lowest BCUT2D eigenvalue weighted by molar-refractivity contribution is -0.137. The summed E-state index contributed by atoms with van der Waals surface area (Å²) in [4.78, 5) is 0. The first kappa shape index (κ1) is 13.8. The smallest absolute Gasteiger partial charge is 0.394 e. The van der Waals surface area contributed by atoms with E-state index in [1.54, 1.807) is 0 Å². The second-order valence-electron chi connectivity index (χ2n) is 4.73. The molecule has 2 rings (SSSR count). The number of fused-ring (bicyclic) bond motifs is 1. The van der Waals surface area contributed by atoms with Gasteiger partial charge in [-0.05, 0) is 24.1 Å². The molecular formula is C12H14F3N3O. The Morgan fingerprint density at radius 1 is 1.32 bits per heavy atom. The molecule has 4 nitrogen and oxygen atoms in total. The molecule has 7 heteroatoms. The highest BCUT2D eigenvalue weighted by Crippen LogP contribution is 2.31. The van der Waals surface area contributed by atoms with Crippen LogP contribution in [0.25, 0.3) is 11.0 Å². The molecule has 2 aromatic rings. The zero-order chi connectivity index (χ0) is 14.2. The summed E-state index contributed by atoms with van der Waals surface area (Å²) in [6, 6.07) is 3.00. The summed E-state index contributed by atoms with van der Waals surface area (Å²) in [5, 5.41) is 16.9. The van der Waals surface area contributed by atoms with E-state index in [1.807, 2.05) is 13.8 Å². The van der Waals surface area contributed by atoms with Gasteiger partial charge in [0, 0.05) is 0 Å². The molecule has 0 fully saturated rings. The maximum atomic E-state index is 12.6. The van der Waals surface area contributed by atoms with Crippen LogP contribution in [0, 0.1) is 5.92 Å². The highest BCUT2D eigenvalue weighted by Gasteiger charge is 2.31. The first-order valence-corrected chi connectivity index (χ1v) is 5.87. The molecule has 0 saturated carbocycles. The summed E-state index contributed by atoms with van der Waals surface area (Å²) in [6.07, 6.45) is -4.40. The molecule has 0 saturated heterocycles. The quantitative estimate of drug-likeness (QED) is 0.935. The third-order valence-corrected chi connectivity index (χ3v) is 3.07. The fourth-order valence-electron chi connectivity index (χ4n) is 1.93. The van der Waals surface area contributed by atoms with Crippen LogP contribution in [0.1, 0.15) is 25.5 Å². The second kappa shape index (κ2) is 4.80. The molecule has 1 unspecified atom stereocenters. The Balaban J connectivity index is 2.51. The predicted octanol–water partition coefficient (Wildman–Crippen LogP) is 2.64. The topological polar surface area (TPSA) is 50.9 Å². The SMILES string of the molecule is CC(C)C(CO)n1nnc2cc(C(F)(F)F)ccc21. The standard InChI is InChI=1S/C12H14F3N3O/c1-7(2)11(6-19)18-10-4-3-8(12(13,14)15)5-9(10)16-17-18/h3-5,7,11,19H,6H2,1-2H3. The molecule has 0 aliphatic carbocycles. The minimum atomic E-state index is -4.40. The van der Waals surface area contributed by atoms with Crippen molar-refractivity contribution in [2.75, 3.05) is 6.61 Å². The molecule has 0 bridgehead atoms. The largest absolute Gasteiger partial charge is 0.416 e. The van der Waals surface area contributed by atoms with Gasteiger partial charge in [-0.25, -0.2) is 4.68 Å². The molecule has 0 amide bonds. The van der Waals surface area contributed by atoms with Gasteiger partial charge in [0.25, 0.3) is 0 Å². The van der Waals surface area contributed by atoms with Gasteiger partial charge in [0.05, 0.1) is 23.7 Å². The fraction of sp³-hybridized carbons (Fsp3) is 0.500. The maximum absolute atomic E-state index is 12.6. The van der Waals surface area contributed by atoms with E-state index < -0.39 is 11.7 Å². The van der Waals surface area contributed by atoms with Crippen molar-refractivity contribution in [1.29, 1.82) is 0 Å². The van der Waals surface area contributed by atoms with Crippen LogP contribution in [-0.2, 0) is 6.18 Å². The summed E-state index contributed by atoms with van der Waals surface area (Å²) in [5.74, 6) is 0.0946. The minimum absolute atomic E-state index is 0.0946. The highest BCUT2D eigenvalue weighted by molar-refractivity contribution is 5.75. The molecule has 104 valence electrons. The van der Waals surface area contributed by atoms with E-state index in [1.165, 1.54) is 10.7 Å². The first-order chi connectivity index (χ1) is 8.84. The Kier molecular flexibility index (Phi) is 3.49. The van der Waals surface area contributed by atoms with E-state index in [2.05, 4.69) is 10.3 Å². The van der Waals surface area contributed by atoms with Crippen LogP contribution in [0.15, 0.2) is 18.2 Å². The predicted molar refractivity (Wildman–Crippen MR) is 63.5 cm³/mol. The average Bonchev–Trinajstić information content (AvgIpc) is 2.72. The molecule has 19 heavy (non-hydrogen) atoms. The molecule has 0 radical (unpaired) electrons. The highest BCUT2D eigenvalue weighted by atomic mass is 19.4. The average molecular weight is 273 g/mol. The zero-order valence-corrected chi connectivity index (χ0v) is 10.5. The third kappa shape index (κ3) is 2.56. The van der Waals surface area contributed by atoms with Crippen molar-refractivity contribution >= 4 is 11.0 Å². The number of halogens is 3. The zero-order valence-electron chi connectivity index (χ0n) is 10.5. The number of rotatable bonds is 3. The van der Waals surface area contributed by atoms with Gasteiger partial charge in [0.15, 0.2) is 0 Å². The fourth-order valence-corrected chi connectivity index (χ4v) is 1.93. The molecule has 1 N–H and O–H groups in total. The van der Waals surface area contributed by atoms with Crippen LogP contribution < -0.4 is 0 Å². The van der Waals surface area contributed by atoms with Crippen LogP contribution in [0.4, 0.5) is 13.2 Å². The van der Waals surface area contributed by atoms with Crippen LogP contribution in [0.2, 0.25) is 0 Å². The third-order valence-electron chi connectivity index (χ3n) is 3.07. The van der Waals surface area contributed by atoms with Crippen molar-refractivity contribution in [2.45, 2.75) is 26.1 Å². The Bertz CT molecular complexity index is 577. The van der Waals surface area contributed by atoms with E-state index in [-0.39, 0.29) is 24.1 Å². The number of nitrogens with zero attached hydrogens (tertiary/aromatic N) is 3. The summed E-state index contributed by atoms with van der Waals surface area (Å²) < 4.78 is 39.2. The number of benzene rings is 1. The summed E-state index contributed by atoms with van der Waals surface area (Å²) in [5.41, 5.74) is -0.0909. The number of aliphatic hydroxyl groups excluding tert-OH is 1. The van der Waals surface area contributed by atoms with Crippen LogP contribution in [-0.4, -0.2) is 26.7 Å². The lowest BCUT2D eigenvalue weighted by Gasteiger charge is -2.18. The van der Waals surface area contributed by atoms with Gasteiger partial charge in [0.2, 0.25) is 0 Å². The first-order valence-electron chi connectivity index (χ1n) is 5.87. The number of aromatic nitrogens is 3. The van der Waals surface area contributed by atoms with Crippen LogP contribution in [0.3, 0.4) is 0 Å². The molecule has 1 atom stereocenters. The Morgan fingerprint density at radius 3 is 2.53 bits per heavy atom. The molecular weight excluding hydrogens is 259 g/mol. The van der Waals surface area contributed by atoms with E-state index in [9.17, 15) is 18.3 Å². The summed E-state index contributed by atoms with van der Waals surface area (Å²) in [7, 11) is 0. The van der Waals surface area contributed by atoms with E-state index in [0.29, 0.717) is 5.52 Å². The normalized spacial score (nSPS) is 14.3. The van der Waals surface area contributed by atoms with Gasteiger partial charge in [-0.15, -0.1) is 5.10 Å². The second-order valence-corrected chi connectivity index (χ2v) is 4.73. The number of hydrogen-bond acceptors (Lipinski definition) is 3. The van der Waals surface area contributed by atoms with Gasteiger partial charge < -0.3 is 5.11 Å². The van der Waals surface area contributed by atoms with Crippen molar-refractivity contribution < 1.29 is 18.3 Å². The lowest BCUT2D eigenvalue weighted by atomic mass is 10.1. The van der Waals surface area contributed by atoms with Gasteiger partial charge >= 0.3 is 6.18 Å². The monoisotopic (exact) mass is 273 g/mol. The maximum Gasteiger partial charge on any atom is 0.416 e. The van der Waals surface area contributed by atoms with Crippen LogP contribution in [0.5, 0.6) is 0 Å². The van der Waals surface area contributed by atoms with Crippen molar-refractivity contribution in [2.24, 2.45) is 5.92 Å². The lowest BCUT2D eigenvalue weighted by Crippen LogP contribution is -2.20. The molecule has 1 aromatic carbocycles. The molecule has 0 spiro atoms. The van der Waals surface area contributed by atoms with Gasteiger partial charge in [-0.2, -0.15) is 13.2 Å². The van der Waals surface area contributed by atoms with Crippen molar-refractivity contribution in [3.8, 4) is 0 Å². The number of hydrogen-bond donors (Lipinski definition) is 1. The van der Waals surface area contributed by atoms with Crippen molar-refractivity contribution in [3.63, 3.8) is 0 Å². The molecule has 0 aliphatic rings. The van der Waals surface area contributed by atoms with Gasteiger partial charge in [-0.1, -0.05) is 19.1 Å². The summed E-state index contributed by atoms with van der Waals surface area (Å²) in [6.45, 7) is 3.66. The Hall–Kier alpha value is -1.63. The summed E-state index contributed by atoms with van der Waals surface area (Å²) >= 11 is 0. The van der Waals surface area contributed by atoms with Gasteiger partial charge in [0.1, 0.15) is 5.52 Å². The molecule has 1 aromatic heterocycles.